The number of hydrogen-bond donors (Lipinski definition) is 3. The maximum atomic E-state index is 10.2. The first kappa shape index (κ1) is 39.9. The van der Waals surface area contributed by atoms with Crippen molar-refractivity contribution in [3.63, 3.8) is 0 Å². The third kappa shape index (κ3) is 25.1. The van der Waals surface area contributed by atoms with Crippen molar-refractivity contribution in [1.29, 1.82) is 0 Å². The molecule has 0 radical (unpaired) electrons. The number of hydrogen-bond acceptors (Lipinski definition) is 5. The summed E-state index contributed by atoms with van der Waals surface area (Å²) < 4.78 is 36.2. The SMILES string of the molecule is CCCCCCCCCCCCCCCCCCC(C[CH2][Na])Oc1ccccc1.O=C(O)CC(C(=O)O)S(=O)(=O)O. The van der Waals surface area contributed by atoms with Gasteiger partial charge in [-0.15, -0.1) is 0 Å². The topological polar surface area (TPSA) is 138 Å². The van der Waals surface area contributed by atoms with Gasteiger partial charge in [-0.05, 0) is 0 Å². The number of carboxylic acid groups (broad SMARTS) is 2. The molecule has 1 aromatic rings. The number of unbranched alkanes of at least 4 members (excludes halogenated alkanes) is 15. The molecule has 8 nitrogen and oxygen atoms in total. The maximum Gasteiger partial charge on any atom is 0.325 e. The molecule has 0 fully saturated rings. The molecule has 1 rings (SSSR count). The van der Waals surface area contributed by atoms with Crippen LogP contribution in [0, 0.1) is 0 Å². The number of carboxylic acids is 2. The van der Waals surface area contributed by atoms with Crippen LogP contribution in [-0.4, -0.2) is 74.4 Å². The molecule has 0 aliphatic carbocycles. The van der Waals surface area contributed by atoms with E-state index in [2.05, 4.69) is 37.3 Å². The van der Waals surface area contributed by atoms with E-state index in [0.717, 1.165) is 5.75 Å². The van der Waals surface area contributed by atoms with Crippen LogP contribution in [0.1, 0.15) is 129 Å². The molecular weight excluding hydrogens is 555 g/mol. The zero-order valence-corrected chi connectivity index (χ0v) is 28.3. The molecule has 0 aliphatic heterocycles. The minimum Gasteiger partial charge on any atom is -0.481 e. The average molecular weight is 609 g/mol. The summed E-state index contributed by atoms with van der Waals surface area (Å²) in [5.41, 5.74) is 0. The Morgan fingerprint density at radius 2 is 1.20 bits per heavy atom. The summed E-state index contributed by atoms with van der Waals surface area (Å²) in [4.78, 5) is 20.0. The van der Waals surface area contributed by atoms with Crippen LogP contribution in [0.2, 0.25) is 3.67 Å². The van der Waals surface area contributed by atoms with Crippen molar-refractivity contribution in [3.8, 4) is 5.75 Å². The van der Waals surface area contributed by atoms with E-state index in [1.54, 1.807) is 0 Å². The van der Waals surface area contributed by atoms with Crippen molar-refractivity contribution in [2.75, 3.05) is 0 Å². The third-order valence-electron chi connectivity index (χ3n) is 7.03. The fourth-order valence-corrected chi connectivity index (χ4v) is 5.93. The first-order chi connectivity index (χ1) is 19.6. The predicted molar refractivity (Wildman–Crippen MR) is 165 cm³/mol. The zero-order chi connectivity index (χ0) is 30.8. The van der Waals surface area contributed by atoms with Gasteiger partial charge in [0.1, 0.15) is 0 Å². The molecule has 3 N–H and O–H groups in total. The van der Waals surface area contributed by atoms with E-state index >= 15 is 0 Å². The van der Waals surface area contributed by atoms with Gasteiger partial charge in [0, 0.05) is 0 Å². The first-order valence-corrected chi connectivity index (χ1v) is 18.7. The summed E-state index contributed by atoms with van der Waals surface area (Å²) in [5.74, 6) is -2.45. The quantitative estimate of drug-likeness (QED) is 0.0579. The van der Waals surface area contributed by atoms with Crippen molar-refractivity contribution in [2.45, 2.75) is 144 Å². The van der Waals surface area contributed by atoms with Gasteiger partial charge in [-0.25, -0.2) is 0 Å². The van der Waals surface area contributed by atoms with Crippen LogP contribution in [0.15, 0.2) is 30.3 Å². The maximum absolute atomic E-state index is 10.2. The van der Waals surface area contributed by atoms with Gasteiger partial charge in [0.15, 0.2) is 5.25 Å². The molecule has 1 aromatic carbocycles. The fraction of sp³-hybridized carbons (Fsp3) is 0.742. The van der Waals surface area contributed by atoms with Crippen LogP contribution >= 0.6 is 0 Å². The van der Waals surface area contributed by atoms with E-state index in [4.69, 9.17) is 19.5 Å². The smallest absolute Gasteiger partial charge is 0.325 e. The third-order valence-corrected chi connectivity index (χ3v) is 8.70. The van der Waals surface area contributed by atoms with Gasteiger partial charge in [0.05, 0.1) is 6.42 Å². The van der Waals surface area contributed by atoms with E-state index in [9.17, 15) is 18.0 Å². The number of ether oxygens (including phenoxy) is 1. The van der Waals surface area contributed by atoms with Gasteiger partial charge < -0.3 is 10.2 Å². The van der Waals surface area contributed by atoms with Gasteiger partial charge in [0.25, 0.3) is 10.1 Å². The Bertz CT molecular complexity index is 879. The molecule has 41 heavy (non-hydrogen) atoms. The standard InChI is InChI=1S/C27H47O.C4H6O7S.Na/c1-3-5-6-7-8-9-10-11-12-13-14-15-16-17-18-20-23-26(4-2)28-27-24-21-19-22-25-27;5-3(6)1-2(4(7)8)12(9,10)11;/h19,21-22,24-26H,2-18,20,23H2,1H3;2H,1H2,(H,5,6)(H,7,8)(H,9,10,11);. The van der Waals surface area contributed by atoms with Crippen LogP contribution in [0.4, 0.5) is 0 Å². The Morgan fingerprint density at radius 1 is 0.756 bits per heavy atom. The molecule has 0 aliphatic rings. The molecule has 232 valence electrons. The van der Waals surface area contributed by atoms with E-state index in [-0.39, 0.29) is 0 Å². The average Bonchev–Trinajstić information content (AvgIpc) is 2.91. The van der Waals surface area contributed by atoms with Crippen molar-refractivity contribution < 1.29 is 37.5 Å². The molecule has 0 amide bonds. The summed E-state index contributed by atoms with van der Waals surface area (Å²) in [7, 11) is -4.84. The molecule has 0 saturated heterocycles. The number of carbonyl (C=O) groups is 2. The minimum atomic E-state index is -4.84. The van der Waals surface area contributed by atoms with Crippen molar-refractivity contribution in [2.24, 2.45) is 0 Å². The predicted octanol–water partition coefficient (Wildman–Crippen LogP) is 7.86. The van der Waals surface area contributed by atoms with Gasteiger partial charge in [-0.2, -0.15) is 8.42 Å². The molecule has 0 saturated carbocycles. The normalized spacial score (nSPS) is 12.7. The summed E-state index contributed by atoms with van der Waals surface area (Å²) in [6, 6.07) is 10.4. The number of benzene rings is 1. The van der Waals surface area contributed by atoms with Crippen molar-refractivity contribution in [1.82, 2.24) is 0 Å². The second-order valence-electron chi connectivity index (χ2n) is 10.9. The first-order valence-electron chi connectivity index (χ1n) is 15.7. The molecule has 0 spiro atoms. The van der Waals surface area contributed by atoms with Crippen LogP contribution in [-0.2, 0) is 19.7 Å². The van der Waals surface area contributed by atoms with E-state index in [0.29, 0.717) is 6.10 Å². The second kappa shape index (κ2) is 26.5. The largest absolute Gasteiger partial charge is 0.481 e. The molecule has 0 aromatic heterocycles. The summed E-state index contributed by atoms with van der Waals surface area (Å²) in [6.07, 6.45) is 24.7. The molecular formula is C31H53NaO8S. The molecule has 2 atom stereocenters. The Morgan fingerprint density at radius 3 is 1.54 bits per heavy atom. The van der Waals surface area contributed by atoms with Crippen molar-refractivity contribution in [3.05, 3.63) is 30.3 Å². The molecule has 2 unspecified atom stereocenters. The monoisotopic (exact) mass is 608 g/mol. The Labute approximate surface area is 266 Å². The Hall–Kier alpha value is -1.13. The second-order valence-corrected chi connectivity index (χ2v) is 13.5. The molecule has 0 bridgehead atoms. The summed E-state index contributed by atoms with van der Waals surface area (Å²) in [6.45, 7) is 2.30. The van der Waals surface area contributed by atoms with Gasteiger partial charge >= 0.3 is 155 Å². The fourth-order valence-electron chi connectivity index (χ4n) is 4.67. The number of para-hydroxylation sites is 1. The molecule has 10 heteroatoms. The Kier molecular flexibility index (Phi) is 25.8. The summed E-state index contributed by atoms with van der Waals surface area (Å²) >= 11 is 1.29. The van der Waals surface area contributed by atoms with Crippen LogP contribution < -0.4 is 4.74 Å². The minimum absolute atomic E-state index is 0.432. The van der Waals surface area contributed by atoms with Crippen molar-refractivity contribution >= 4 is 50.0 Å². The number of aliphatic carboxylic acids is 2. The van der Waals surface area contributed by atoms with Gasteiger partial charge in [-0.1, -0.05) is 58.3 Å². The summed E-state index contributed by atoms with van der Waals surface area (Å²) in [5, 5.41) is 13.9. The van der Waals surface area contributed by atoms with E-state index < -0.39 is 33.7 Å². The van der Waals surface area contributed by atoms with Gasteiger partial charge in [0.2, 0.25) is 0 Å². The molecule has 0 heterocycles. The van der Waals surface area contributed by atoms with Gasteiger partial charge in [-0.3, -0.25) is 14.1 Å². The van der Waals surface area contributed by atoms with Crippen LogP contribution in [0.25, 0.3) is 0 Å². The van der Waals surface area contributed by atoms with Crippen LogP contribution in [0.5, 0.6) is 5.75 Å². The zero-order valence-electron chi connectivity index (χ0n) is 25.5. The van der Waals surface area contributed by atoms with E-state index in [1.165, 1.54) is 147 Å². The number of rotatable bonds is 25. The Balaban J connectivity index is 0.00000112. The van der Waals surface area contributed by atoms with Crippen LogP contribution in [0.3, 0.4) is 0 Å². The van der Waals surface area contributed by atoms with E-state index in [1.807, 2.05) is 0 Å².